The summed E-state index contributed by atoms with van der Waals surface area (Å²) in [4.78, 5) is 10.6. The van der Waals surface area contributed by atoms with Crippen LogP contribution < -0.4 is 0 Å². The molecule has 0 saturated carbocycles. The summed E-state index contributed by atoms with van der Waals surface area (Å²) in [5.74, 6) is -0.1000. The van der Waals surface area contributed by atoms with Crippen LogP contribution in [0.15, 0.2) is 24.3 Å². The molecule has 0 fully saturated rings. The third kappa shape index (κ3) is 1.72. The Labute approximate surface area is 96.7 Å². The molecule has 2 N–H and O–H groups in total. The van der Waals surface area contributed by atoms with Crippen LogP contribution in [0.3, 0.4) is 0 Å². The third-order valence-electron chi connectivity index (χ3n) is 2.45. The normalized spacial score (nSPS) is 10.8. The number of rotatable bonds is 3. The number of benzene rings is 1. The Morgan fingerprint density at radius 2 is 1.69 bits per heavy atom. The predicted molar refractivity (Wildman–Crippen MR) is 60.7 cm³/mol. The van der Waals surface area contributed by atoms with Crippen molar-refractivity contribution in [2.75, 3.05) is 0 Å². The Bertz CT molecular complexity index is 508. The standard InChI is InChI=1S/C11H10ClNO3/c12-9(14)5-6-13-10(15)7-3-1-2-4-8(7)11(13)16/h1-4,15-16H,5-6H2. The van der Waals surface area contributed by atoms with Crippen LogP contribution >= 0.6 is 11.6 Å². The first-order chi connectivity index (χ1) is 7.61. The van der Waals surface area contributed by atoms with Crippen molar-refractivity contribution < 1.29 is 15.0 Å². The molecule has 16 heavy (non-hydrogen) atoms. The Hall–Kier alpha value is -1.68. The molecular weight excluding hydrogens is 230 g/mol. The number of hydrogen-bond acceptors (Lipinski definition) is 3. The fourth-order valence-electron chi connectivity index (χ4n) is 1.68. The molecule has 0 atom stereocenters. The van der Waals surface area contributed by atoms with Crippen LogP contribution in [0.1, 0.15) is 6.42 Å². The zero-order valence-corrected chi connectivity index (χ0v) is 9.11. The number of aromatic nitrogens is 1. The molecular formula is C11H10ClNO3. The molecule has 0 spiro atoms. The predicted octanol–water partition coefficient (Wildman–Crippen LogP) is 2.21. The molecule has 0 aliphatic carbocycles. The van der Waals surface area contributed by atoms with Crippen LogP contribution in [0.25, 0.3) is 10.8 Å². The average molecular weight is 240 g/mol. The first kappa shape index (κ1) is 10.8. The lowest BCUT2D eigenvalue weighted by Gasteiger charge is -2.03. The van der Waals surface area contributed by atoms with E-state index in [0.29, 0.717) is 10.8 Å². The summed E-state index contributed by atoms with van der Waals surface area (Å²) in [6, 6.07) is 6.92. The van der Waals surface area contributed by atoms with Crippen molar-refractivity contribution in [3.05, 3.63) is 24.3 Å². The Morgan fingerprint density at radius 1 is 1.19 bits per heavy atom. The van der Waals surface area contributed by atoms with Gasteiger partial charge in [0.2, 0.25) is 17.0 Å². The molecule has 0 radical (unpaired) electrons. The van der Waals surface area contributed by atoms with E-state index in [2.05, 4.69) is 0 Å². The Balaban J connectivity index is 2.48. The van der Waals surface area contributed by atoms with Crippen LogP contribution in [0.2, 0.25) is 0 Å². The molecule has 1 aromatic heterocycles. The average Bonchev–Trinajstić information content (AvgIpc) is 2.50. The van der Waals surface area contributed by atoms with Gasteiger partial charge < -0.3 is 10.2 Å². The van der Waals surface area contributed by atoms with E-state index in [0.717, 1.165) is 0 Å². The van der Waals surface area contributed by atoms with E-state index in [1.165, 1.54) is 4.57 Å². The van der Waals surface area contributed by atoms with Crippen LogP contribution in [0, 0.1) is 0 Å². The number of aromatic hydroxyl groups is 2. The summed E-state index contributed by atoms with van der Waals surface area (Å²) >= 11 is 5.22. The van der Waals surface area contributed by atoms with Crippen molar-refractivity contribution in [1.82, 2.24) is 4.57 Å². The number of nitrogens with zero attached hydrogens (tertiary/aromatic N) is 1. The van der Waals surface area contributed by atoms with Gasteiger partial charge in [-0.15, -0.1) is 0 Å². The minimum atomic E-state index is -0.503. The van der Waals surface area contributed by atoms with E-state index in [9.17, 15) is 15.0 Å². The molecule has 0 bridgehead atoms. The largest absolute Gasteiger partial charge is 0.494 e. The summed E-state index contributed by atoms with van der Waals surface area (Å²) < 4.78 is 1.27. The molecule has 0 saturated heterocycles. The van der Waals surface area contributed by atoms with Crippen LogP contribution in [-0.2, 0) is 11.3 Å². The molecule has 84 valence electrons. The second kappa shape index (κ2) is 4.06. The van der Waals surface area contributed by atoms with Gasteiger partial charge in [-0.25, -0.2) is 0 Å². The SMILES string of the molecule is O=C(Cl)CCn1c(O)c2ccccc2c1O. The van der Waals surface area contributed by atoms with Gasteiger partial charge >= 0.3 is 0 Å². The van der Waals surface area contributed by atoms with Crippen LogP contribution in [-0.4, -0.2) is 20.0 Å². The maximum absolute atomic E-state index is 10.6. The second-order valence-corrected chi connectivity index (χ2v) is 3.87. The number of fused-ring (bicyclic) bond motifs is 1. The van der Waals surface area contributed by atoms with Crippen molar-refractivity contribution in [2.45, 2.75) is 13.0 Å². The first-order valence-electron chi connectivity index (χ1n) is 4.78. The van der Waals surface area contributed by atoms with Crippen molar-refractivity contribution in [1.29, 1.82) is 0 Å². The zero-order chi connectivity index (χ0) is 11.7. The lowest BCUT2D eigenvalue weighted by molar-refractivity contribution is -0.111. The van der Waals surface area contributed by atoms with Gasteiger partial charge in [-0.1, -0.05) is 12.1 Å². The topological polar surface area (TPSA) is 62.5 Å². The van der Waals surface area contributed by atoms with Gasteiger partial charge in [-0.2, -0.15) is 0 Å². The molecule has 2 aromatic rings. The van der Waals surface area contributed by atoms with Gasteiger partial charge in [0.1, 0.15) is 0 Å². The number of carbonyl (C=O) groups is 1. The molecule has 1 heterocycles. The highest BCUT2D eigenvalue weighted by Gasteiger charge is 2.15. The highest BCUT2D eigenvalue weighted by atomic mass is 35.5. The van der Waals surface area contributed by atoms with E-state index < -0.39 is 5.24 Å². The Morgan fingerprint density at radius 3 is 2.12 bits per heavy atom. The van der Waals surface area contributed by atoms with Gasteiger partial charge in [0, 0.05) is 23.7 Å². The van der Waals surface area contributed by atoms with E-state index in [-0.39, 0.29) is 24.7 Å². The van der Waals surface area contributed by atoms with Crippen LogP contribution in [0.4, 0.5) is 0 Å². The molecule has 0 amide bonds. The second-order valence-electron chi connectivity index (χ2n) is 3.45. The summed E-state index contributed by atoms with van der Waals surface area (Å²) in [7, 11) is 0. The molecule has 1 aromatic carbocycles. The molecule has 0 aliphatic heterocycles. The highest BCUT2D eigenvalue weighted by molar-refractivity contribution is 6.63. The maximum Gasteiger partial charge on any atom is 0.223 e. The summed E-state index contributed by atoms with van der Waals surface area (Å²) in [5, 5.41) is 20.3. The van der Waals surface area contributed by atoms with Crippen LogP contribution in [0.5, 0.6) is 11.8 Å². The quantitative estimate of drug-likeness (QED) is 0.808. The minimum absolute atomic E-state index is 0.0500. The van der Waals surface area contributed by atoms with Gasteiger partial charge in [-0.05, 0) is 23.7 Å². The van der Waals surface area contributed by atoms with E-state index in [1.807, 2.05) is 0 Å². The van der Waals surface area contributed by atoms with E-state index in [1.54, 1.807) is 24.3 Å². The lowest BCUT2D eigenvalue weighted by Crippen LogP contribution is -2.00. The van der Waals surface area contributed by atoms with Gasteiger partial charge in [0.25, 0.3) is 0 Å². The van der Waals surface area contributed by atoms with Crippen molar-refractivity contribution >= 4 is 27.6 Å². The van der Waals surface area contributed by atoms with Crippen molar-refractivity contribution in [3.63, 3.8) is 0 Å². The molecule has 4 nitrogen and oxygen atoms in total. The van der Waals surface area contributed by atoms with Crippen molar-refractivity contribution in [2.24, 2.45) is 0 Å². The fourth-order valence-corrected chi connectivity index (χ4v) is 1.76. The van der Waals surface area contributed by atoms with Gasteiger partial charge in [-0.3, -0.25) is 9.36 Å². The molecule has 0 aliphatic rings. The fraction of sp³-hybridized carbons (Fsp3) is 0.182. The molecule has 0 unspecified atom stereocenters. The minimum Gasteiger partial charge on any atom is -0.494 e. The Kier molecular flexibility index (Phi) is 2.75. The van der Waals surface area contributed by atoms with E-state index in [4.69, 9.17) is 11.6 Å². The lowest BCUT2D eigenvalue weighted by atomic mass is 10.2. The number of hydrogen-bond donors (Lipinski definition) is 2. The zero-order valence-electron chi connectivity index (χ0n) is 8.35. The summed E-state index contributed by atoms with van der Waals surface area (Å²) in [6.45, 7) is 0.161. The van der Waals surface area contributed by atoms with Crippen molar-refractivity contribution in [3.8, 4) is 11.8 Å². The smallest absolute Gasteiger partial charge is 0.223 e. The number of halogens is 1. The molecule has 5 heteroatoms. The maximum atomic E-state index is 10.6. The first-order valence-corrected chi connectivity index (χ1v) is 5.16. The third-order valence-corrected chi connectivity index (χ3v) is 2.64. The van der Waals surface area contributed by atoms with Gasteiger partial charge in [0.15, 0.2) is 0 Å². The summed E-state index contributed by atoms with van der Waals surface area (Å²) in [5.41, 5.74) is 0. The highest BCUT2D eigenvalue weighted by Crippen LogP contribution is 2.35. The monoisotopic (exact) mass is 239 g/mol. The molecule has 2 rings (SSSR count). The summed E-state index contributed by atoms with van der Waals surface area (Å²) in [6.07, 6.45) is 0.0592. The number of carbonyl (C=O) groups excluding carboxylic acids is 1. The van der Waals surface area contributed by atoms with E-state index >= 15 is 0 Å². The van der Waals surface area contributed by atoms with Gasteiger partial charge in [0.05, 0.1) is 0 Å².